The van der Waals surface area contributed by atoms with E-state index in [1.54, 1.807) is 19.1 Å². The van der Waals surface area contributed by atoms with E-state index in [1.165, 1.54) is 6.92 Å². The zero-order valence-corrected chi connectivity index (χ0v) is 21.0. The molecule has 0 aliphatic heterocycles. The number of amides is 1. The minimum atomic E-state index is -0.766. The fourth-order valence-corrected chi connectivity index (χ4v) is 3.79. The van der Waals surface area contributed by atoms with Crippen molar-refractivity contribution in [2.75, 3.05) is 34.0 Å². The summed E-state index contributed by atoms with van der Waals surface area (Å²) in [4.78, 5) is 13.5. The molecule has 7 nitrogen and oxygen atoms in total. The van der Waals surface area contributed by atoms with Gasteiger partial charge in [0.15, 0.2) is 11.5 Å². The molecular formula is C25H44N2O5. The number of nitrogens with zero attached hydrogens (tertiary/aromatic N) is 1. The zero-order chi connectivity index (χ0) is 24.3. The van der Waals surface area contributed by atoms with Gasteiger partial charge < -0.3 is 30.0 Å². The Morgan fingerprint density at radius 1 is 1.12 bits per heavy atom. The van der Waals surface area contributed by atoms with Gasteiger partial charge in [0.2, 0.25) is 5.91 Å². The molecule has 0 spiro atoms. The van der Waals surface area contributed by atoms with Gasteiger partial charge in [0.25, 0.3) is 0 Å². The maximum atomic E-state index is 11.9. The topological polar surface area (TPSA) is 94.3 Å². The molecule has 0 radical (unpaired) electrons. The van der Waals surface area contributed by atoms with Gasteiger partial charge in [-0.25, -0.2) is 0 Å². The van der Waals surface area contributed by atoms with E-state index in [0.717, 1.165) is 24.2 Å². The second-order valence-electron chi connectivity index (χ2n) is 9.12. The Morgan fingerprint density at radius 2 is 1.81 bits per heavy atom. The third-order valence-corrected chi connectivity index (χ3v) is 5.90. The van der Waals surface area contributed by atoms with E-state index >= 15 is 0 Å². The lowest BCUT2D eigenvalue weighted by Crippen LogP contribution is -2.48. The van der Waals surface area contributed by atoms with Crippen LogP contribution in [0, 0.1) is 11.8 Å². The summed E-state index contributed by atoms with van der Waals surface area (Å²) in [6, 6.07) is 5.62. The molecule has 184 valence electrons. The van der Waals surface area contributed by atoms with E-state index in [0.29, 0.717) is 31.3 Å². The van der Waals surface area contributed by atoms with E-state index in [4.69, 9.17) is 19.9 Å². The average Bonchev–Trinajstić information content (AvgIpc) is 2.73. The standard InChI is InChI=1S/C25H44N2O5/c1-17(2)21(15-22(26)23(29)16-27(18(3)4)19(5)28)13-20-9-10-24(31-7)25(14-20)32-12-8-11-30-6/h9-10,14,17-18,21-23,29H,8,11-13,15-16,26H2,1-7H3/t21-,22-,23-/m0/s1. The zero-order valence-electron chi connectivity index (χ0n) is 21.0. The number of carbonyl (C=O) groups excluding carboxylic acids is 1. The molecule has 0 aromatic heterocycles. The smallest absolute Gasteiger partial charge is 0.219 e. The maximum Gasteiger partial charge on any atom is 0.219 e. The quantitative estimate of drug-likeness (QED) is 0.397. The Labute approximate surface area is 194 Å². The molecule has 1 amide bonds. The van der Waals surface area contributed by atoms with Gasteiger partial charge in [0.05, 0.1) is 19.8 Å². The van der Waals surface area contributed by atoms with Crippen molar-refractivity contribution in [1.29, 1.82) is 0 Å². The van der Waals surface area contributed by atoms with Crippen LogP contribution < -0.4 is 15.2 Å². The van der Waals surface area contributed by atoms with E-state index in [2.05, 4.69) is 19.9 Å². The number of methoxy groups -OCH3 is 2. The van der Waals surface area contributed by atoms with Gasteiger partial charge in [0, 0.05) is 45.7 Å². The van der Waals surface area contributed by atoms with Crippen LogP contribution in [0.25, 0.3) is 0 Å². The first-order valence-electron chi connectivity index (χ1n) is 11.6. The normalized spacial score (nSPS) is 14.3. The molecule has 0 aliphatic carbocycles. The van der Waals surface area contributed by atoms with Crippen molar-refractivity contribution in [2.24, 2.45) is 17.6 Å². The Bertz CT molecular complexity index is 680. The van der Waals surface area contributed by atoms with Crippen LogP contribution in [0.1, 0.15) is 53.0 Å². The third-order valence-electron chi connectivity index (χ3n) is 5.90. The fourth-order valence-electron chi connectivity index (χ4n) is 3.79. The minimum Gasteiger partial charge on any atom is -0.493 e. The molecule has 0 fully saturated rings. The minimum absolute atomic E-state index is 0.0249. The summed E-state index contributed by atoms with van der Waals surface area (Å²) in [7, 11) is 3.31. The SMILES string of the molecule is COCCCOc1cc(C[C@@H](C[C@H](N)[C@@H](O)CN(C(C)=O)C(C)C)C(C)C)ccc1OC. The molecule has 3 N–H and O–H groups in total. The lowest BCUT2D eigenvalue weighted by Gasteiger charge is -2.32. The summed E-state index contributed by atoms with van der Waals surface area (Å²) in [5.74, 6) is 2.04. The van der Waals surface area contributed by atoms with Crippen LogP contribution in [-0.2, 0) is 16.0 Å². The second kappa shape index (κ2) is 14.3. The van der Waals surface area contributed by atoms with Crippen LogP contribution in [-0.4, -0.2) is 68.1 Å². The Kier molecular flexibility index (Phi) is 12.6. The Hall–Kier alpha value is -1.83. The third kappa shape index (κ3) is 9.35. The van der Waals surface area contributed by atoms with Crippen LogP contribution in [0.15, 0.2) is 18.2 Å². The lowest BCUT2D eigenvalue weighted by atomic mass is 9.83. The van der Waals surface area contributed by atoms with Crippen molar-refractivity contribution in [2.45, 2.75) is 72.1 Å². The van der Waals surface area contributed by atoms with Crippen molar-refractivity contribution in [1.82, 2.24) is 4.90 Å². The van der Waals surface area contributed by atoms with Gasteiger partial charge in [-0.2, -0.15) is 0 Å². The van der Waals surface area contributed by atoms with E-state index < -0.39 is 12.1 Å². The molecule has 3 atom stereocenters. The van der Waals surface area contributed by atoms with Crippen LogP contribution in [0.2, 0.25) is 0 Å². The summed E-state index contributed by atoms with van der Waals surface area (Å²) in [5, 5.41) is 10.7. The highest BCUT2D eigenvalue weighted by Gasteiger charge is 2.26. The molecule has 1 aromatic carbocycles. The molecule has 0 saturated carbocycles. The number of benzene rings is 1. The summed E-state index contributed by atoms with van der Waals surface area (Å²) < 4.78 is 16.4. The predicted molar refractivity (Wildman–Crippen MR) is 128 cm³/mol. The number of hydrogen-bond donors (Lipinski definition) is 2. The maximum absolute atomic E-state index is 11.9. The monoisotopic (exact) mass is 452 g/mol. The fraction of sp³-hybridized carbons (Fsp3) is 0.720. The summed E-state index contributed by atoms with van der Waals surface area (Å²) in [6.07, 6.45) is 1.52. The van der Waals surface area contributed by atoms with Crippen molar-refractivity contribution < 1.29 is 24.1 Å². The second-order valence-corrected chi connectivity index (χ2v) is 9.12. The average molecular weight is 453 g/mol. The van der Waals surface area contributed by atoms with E-state index in [1.807, 2.05) is 26.0 Å². The summed E-state index contributed by atoms with van der Waals surface area (Å²) >= 11 is 0. The number of nitrogens with two attached hydrogens (primary N) is 1. The summed E-state index contributed by atoms with van der Waals surface area (Å²) in [5.41, 5.74) is 7.52. The molecule has 1 aromatic rings. The molecule has 0 saturated heterocycles. The Balaban J connectivity index is 2.84. The molecular weight excluding hydrogens is 408 g/mol. The van der Waals surface area contributed by atoms with Crippen molar-refractivity contribution in [3.05, 3.63) is 23.8 Å². The van der Waals surface area contributed by atoms with Gasteiger partial charge in [-0.3, -0.25) is 4.79 Å². The van der Waals surface area contributed by atoms with Gasteiger partial charge in [-0.1, -0.05) is 19.9 Å². The number of aliphatic hydroxyl groups excluding tert-OH is 1. The van der Waals surface area contributed by atoms with Gasteiger partial charge in [0.1, 0.15) is 0 Å². The van der Waals surface area contributed by atoms with E-state index in [-0.39, 0.29) is 24.4 Å². The van der Waals surface area contributed by atoms with Crippen LogP contribution in [0.5, 0.6) is 11.5 Å². The van der Waals surface area contributed by atoms with Crippen molar-refractivity contribution in [3.8, 4) is 11.5 Å². The molecule has 0 unspecified atom stereocenters. The van der Waals surface area contributed by atoms with E-state index in [9.17, 15) is 9.90 Å². The number of rotatable bonds is 15. The van der Waals surface area contributed by atoms with Gasteiger partial charge in [-0.05, 0) is 56.2 Å². The highest BCUT2D eigenvalue weighted by atomic mass is 16.5. The first-order chi connectivity index (χ1) is 15.1. The molecule has 0 aliphatic rings. The lowest BCUT2D eigenvalue weighted by molar-refractivity contribution is -0.132. The summed E-state index contributed by atoms with van der Waals surface area (Å²) in [6.45, 7) is 11.2. The predicted octanol–water partition coefficient (Wildman–Crippen LogP) is 3.26. The highest BCUT2D eigenvalue weighted by Crippen LogP contribution is 2.31. The van der Waals surface area contributed by atoms with Crippen molar-refractivity contribution in [3.63, 3.8) is 0 Å². The van der Waals surface area contributed by atoms with Crippen LogP contribution in [0.4, 0.5) is 0 Å². The molecule has 32 heavy (non-hydrogen) atoms. The van der Waals surface area contributed by atoms with Gasteiger partial charge in [-0.15, -0.1) is 0 Å². The number of ether oxygens (including phenoxy) is 3. The first-order valence-corrected chi connectivity index (χ1v) is 11.6. The number of hydrogen-bond acceptors (Lipinski definition) is 6. The van der Waals surface area contributed by atoms with Crippen molar-refractivity contribution >= 4 is 5.91 Å². The van der Waals surface area contributed by atoms with Crippen LogP contribution >= 0.6 is 0 Å². The largest absolute Gasteiger partial charge is 0.493 e. The van der Waals surface area contributed by atoms with Gasteiger partial charge >= 0.3 is 0 Å². The molecule has 7 heteroatoms. The Morgan fingerprint density at radius 3 is 2.34 bits per heavy atom. The molecule has 0 bridgehead atoms. The number of aliphatic hydroxyl groups is 1. The molecule has 0 heterocycles. The van der Waals surface area contributed by atoms with Crippen LogP contribution in [0.3, 0.4) is 0 Å². The number of carbonyl (C=O) groups is 1. The highest BCUT2D eigenvalue weighted by molar-refractivity contribution is 5.73. The first kappa shape index (κ1) is 28.2. The molecule has 1 rings (SSSR count).